The van der Waals surface area contributed by atoms with Crippen LogP contribution in [0.3, 0.4) is 0 Å². The number of fused-ring (bicyclic) bond motifs is 9. The zero-order valence-corrected chi connectivity index (χ0v) is 25.3. The van der Waals surface area contributed by atoms with Crippen LogP contribution < -0.4 is 0 Å². The molecule has 0 aromatic rings. The van der Waals surface area contributed by atoms with Crippen LogP contribution in [0.2, 0.25) is 0 Å². The monoisotopic (exact) mass is 536 g/mol. The minimum absolute atomic E-state index is 0.0346. The van der Waals surface area contributed by atoms with Crippen molar-refractivity contribution < 1.29 is 19.1 Å². The molecule has 0 saturated heterocycles. The molecule has 0 N–H and O–H groups in total. The van der Waals surface area contributed by atoms with Gasteiger partial charge in [-0.1, -0.05) is 34.6 Å². The first-order chi connectivity index (χ1) is 18.3. The predicted octanol–water partition coefficient (Wildman–Crippen LogP) is 7.44. The second-order valence-electron chi connectivity index (χ2n) is 18.3. The SMILES string of the molecule is CC(C)(C)CC1(C(=O)OC2CC3CC2C2C4CC(CC4C(=O)OC4(C)C5CC6CC(C5)CC4C6)C32)CC1(C)C. The highest BCUT2D eigenvalue weighted by Crippen LogP contribution is 2.71. The number of rotatable bonds is 5. The number of esters is 2. The molecule has 0 aromatic heterocycles. The van der Waals surface area contributed by atoms with Gasteiger partial charge < -0.3 is 9.47 Å². The molecule has 4 heteroatoms. The number of hydrogen-bond acceptors (Lipinski definition) is 4. The molecule has 9 aliphatic carbocycles. The van der Waals surface area contributed by atoms with Crippen LogP contribution in [-0.4, -0.2) is 23.6 Å². The Hall–Kier alpha value is -1.06. The normalized spacial score (nSPS) is 55.1. The fraction of sp³-hybridized carbons (Fsp3) is 0.943. The summed E-state index contributed by atoms with van der Waals surface area (Å²) >= 11 is 0. The van der Waals surface area contributed by atoms with Crippen LogP contribution in [-0.2, 0) is 19.1 Å². The van der Waals surface area contributed by atoms with Crippen molar-refractivity contribution in [2.24, 2.45) is 81.3 Å². The molecule has 9 aliphatic rings. The molecule has 9 fully saturated rings. The Kier molecular flexibility index (Phi) is 5.16. The summed E-state index contributed by atoms with van der Waals surface area (Å²) in [7, 11) is 0. The molecular formula is C35H52O4. The average molecular weight is 537 g/mol. The van der Waals surface area contributed by atoms with E-state index in [1.54, 1.807) is 0 Å². The molecule has 8 bridgehead atoms. The van der Waals surface area contributed by atoms with E-state index in [1.807, 2.05) is 0 Å². The van der Waals surface area contributed by atoms with Crippen molar-refractivity contribution in [2.75, 3.05) is 0 Å². The van der Waals surface area contributed by atoms with Crippen LogP contribution in [0, 0.1) is 81.3 Å². The quantitative estimate of drug-likeness (QED) is 0.271. The summed E-state index contributed by atoms with van der Waals surface area (Å²) in [5.41, 5.74) is -0.399. The van der Waals surface area contributed by atoms with Crippen LogP contribution in [0.15, 0.2) is 0 Å². The van der Waals surface area contributed by atoms with Crippen molar-refractivity contribution in [3.63, 3.8) is 0 Å². The lowest BCUT2D eigenvalue weighted by molar-refractivity contribution is -0.209. The Morgan fingerprint density at radius 3 is 1.95 bits per heavy atom. The fourth-order valence-electron chi connectivity index (χ4n) is 13.1. The third-order valence-corrected chi connectivity index (χ3v) is 14.5. The zero-order chi connectivity index (χ0) is 27.3. The maximum absolute atomic E-state index is 13.9. The Labute approximate surface area is 236 Å². The van der Waals surface area contributed by atoms with Gasteiger partial charge in [0.15, 0.2) is 0 Å². The smallest absolute Gasteiger partial charge is 0.312 e. The summed E-state index contributed by atoms with van der Waals surface area (Å²) in [6.07, 6.45) is 13.0. The van der Waals surface area contributed by atoms with E-state index in [-0.39, 0.29) is 45.8 Å². The van der Waals surface area contributed by atoms with Gasteiger partial charge in [0.25, 0.3) is 0 Å². The molecule has 0 spiro atoms. The van der Waals surface area contributed by atoms with Crippen LogP contribution in [0.1, 0.15) is 112 Å². The Balaban J connectivity index is 0.965. The van der Waals surface area contributed by atoms with Crippen LogP contribution in [0.25, 0.3) is 0 Å². The maximum Gasteiger partial charge on any atom is 0.312 e. The molecule has 0 aromatic carbocycles. The summed E-state index contributed by atoms with van der Waals surface area (Å²) in [4.78, 5) is 27.7. The van der Waals surface area contributed by atoms with Crippen LogP contribution >= 0.6 is 0 Å². The van der Waals surface area contributed by atoms with Gasteiger partial charge in [-0.15, -0.1) is 0 Å². The maximum atomic E-state index is 13.9. The summed E-state index contributed by atoms with van der Waals surface area (Å²) < 4.78 is 13.2. The van der Waals surface area contributed by atoms with E-state index in [9.17, 15) is 9.59 Å². The number of hydrogen-bond donors (Lipinski definition) is 0. The van der Waals surface area contributed by atoms with Gasteiger partial charge in [0.1, 0.15) is 11.7 Å². The molecule has 9 unspecified atom stereocenters. The molecule has 4 nitrogen and oxygen atoms in total. The molecule has 0 heterocycles. The van der Waals surface area contributed by atoms with Gasteiger partial charge in [-0.3, -0.25) is 9.59 Å². The lowest BCUT2D eigenvalue weighted by Crippen LogP contribution is -2.58. The van der Waals surface area contributed by atoms with E-state index in [0.717, 1.165) is 43.4 Å². The molecule has 9 saturated carbocycles. The molecule has 0 radical (unpaired) electrons. The minimum Gasteiger partial charge on any atom is -0.462 e. The highest BCUT2D eigenvalue weighted by atomic mass is 16.6. The Morgan fingerprint density at radius 2 is 1.36 bits per heavy atom. The van der Waals surface area contributed by atoms with E-state index in [2.05, 4.69) is 41.5 Å². The van der Waals surface area contributed by atoms with Crippen LogP contribution in [0.5, 0.6) is 0 Å². The first-order valence-corrected chi connectivity index (χ1v) is 16.7. The summed E-state index contributed by atoms with van der Waals surface area (Å²) in [6.45, 7) is 13.5. The van der Waals surface area contributed by atoms with Gasteiger partial charge in [-0.2, -0.15) is 0 Å². The topological polar surface area (TPSA) is 52.6 Å². The number of ether oxygens (including phenoxy) is 2. The summed E-state index contributed by atoms with van der Waals surface area (Å²) in [5, 5.41) is 0. The fourth-order valence-corrected chi connectivity index (χ4v) is 13.1. The van der Waals surface area contributed by atoms with E-state index < -0.39 is 0 Å². The second-order valence-corrected chi connectivity index (χ2v) is 18.3. The third kappa shape index (κ3) is 3.54. The highest BCUT2D eigenvalue weighted by molar-refractivity contribution is 5.82. The lowest BCUT2D eigenvalue weighted by atomic mass is 9.50. The zero-order valence-electron chi connectivity index (χ0n) is 25.3. The van der Waals surface area contributed by atoms with E-state index >= 15 is 0 Å². The van der Waals surface area contributed by atoms with Gasteiger partial charge in [0, 0.05) is 0 Å². The summed E-state index contributed by atoms with van der Waals surface area (Å²) in [6, 6.07) is 0. The largest absolute Gasteiger partial charge is 0.462 e. The Morgan fingerprint density at radius 1 is 0.769 bits per heavy atom. The molecule has 9 atom stereocenters. The van der Waals surface area contributed by atoms with Crippen LogP contribution in [0.4, 0.5) is 0 Å². The molecule has 216 valence electrons. The molecule has 0 aliphatic heterocycles. The molecule has 9 rings (SSSR count). The van der Waals surface area contributed by atoms with Crippen molar-refractivity contribution in [3.05, 3.63) is 0 Å². The van der Waals surface area contributed by atoms with Gasteiger partial charge in [0.05, 0.1) is 11.3 Å². The number of carbonyl (C=O) groups excluding carboxylic acids is 2. The molecular weight excluding hydrogens is 484 g/mol. The lowest BCUT2D eigenvalue weighted by Gasteiger charge is -2.59. The van der Waals surface area contributed by atoms with Gasteiger partial charge in [-0.25, -0.2) is 0 Å². The standard InChI is InChI=1S/C35H52O4/c1-32(2,3)16-35(17-33(35,4)5)31(37)38-27-15-21-14-26(27)29-24-12-20(28(21)29)13-25(24)30(36)39-34(6)22-8-18-7-19(10-22)11-23(34)9-18/h18-29H,7-17H2,1-6H3. The van der Waals surface area contributed by atoms with Crippen molar-refractivity contribution in [1.29, 1.82) is 0 Å². The van der Waals surface area contributed by atoms with Gasteiger partial charge in [0.2, 0.25) is 0 Å². The van der Waals surface area contributed by atoms with Crippen molar-refractivity contribution >= 4 is 11.9 Å². The van der Waals surface area contributed by atoms with E-state index in [4.69, 9.17) is 9.47 Å². The first kappa shape index (κ1) is 25.6. The average Bonchev–Trinajstić information content (AvgIpc) is 3.40. The second kappa shape index (κ2) is 7.85. The minimum atomic E-state index is -0.318. The van der Waals surface area contributed by atoms with Crippen molar-refractivity contribution in [1.82, 2.24) is 0 Å². The van der Waals surface area contributed by atoms with E-state index in [1.165, 1.54) is 44.9 Å². The first-order valence-electron chi connectivity index (χ1n) is 16.7. The third-order valence-electron chi connectivity index (χ3n) is 14.5. The Bertz CT molecular complexity index is 1050. The van der Waals surface area contributed by atoms with Crippen molar-refractivity contribution in [2.45, 2.75) is 124 Å². The summed E-state index contributed by atoms with van der Waals surface area (Å²) in [5.74, 6) is 6.85. The molecule has 0 amide bonds. The predicted molar refractivity (Wildman–Crippen MR) is 149 cm³/mol. The van der Waals surface area contributed by atoms with E-state index in [0.29, 0.717) is 41.4 Å². The van der Waals surface area contributed by atoms with Gasteiger partial charge in [-0.05, 0) is 148 Å². The van der Waals surface area contributed by atoms with Crippen molar-refractivity contribution in [3.8, 4) is 0 Å². The van der Waals surface area contributed by atoms with Gasteiger partial charge >= 0.3 is 11.9 Å². The molecule has 39 heavy (non-hydrogen) atoms. The highest BCUT2D eigenvalue weighted by Gasteiger charge is 2.70. The number of carbonyl (C=O) groups is 2.